The summed E-state index contributed by atoms with van der Waals surface area (Å²) in [6, 6.07) is 6.20. The molecule has 0 aliphatic heterocycles. The van der Waals surface area contributed by atoms with Crippen LogP contribution in [0.2, 0.25) is 0 Å². The van der Waals surface area contributed by atoms with E-state index in [4.69, 9.17) is 5.11 Å². The zero-order valence-corrected chi connectivity index (χ0v) is 14.4. The third-order valence-corrected chi connectivity index (χ3v) is 5.52. The quantitative estimate of drug-likeness (QED) is 0.892. The second-order valence-electron chi connectivity index (χ2n) is 6.67. The highest BCUT2D eigenvalue weighted by Crippen LogP contribution is 2.62. The number of rotatable bonds is 4. The lowest BCUT2D eigenvalue weighted by Crippen LogP contribution is -2.42. The van der Waals surface area contributed by atoms with Gasteiger partial charge in [-0.25, -0.2) is 0 Å². The van der Waals surface area contributed by atoms with E-state index in [1.54, 1.807) is 0 Å². The fourth-order valence-electron chi connectivity index (χ4n) is 3.81. The van der Waals surface area contributed by atoms with Crippen LogP contribution in [0.15, 0.2) is 22.7 Å². The minimum atomic E-state index is -0.951. The number of fused-ring (bicyclic) bond motifs is 2. The molecule has 2 atom stereocenters. The molecule has 5 heteroatoms. The summed E-state index contributed by atoms with van der Waals surface area (Å²) in [6.07, 6.45) is 2.84. The predicted molar refractivity (Wildman–Crippen MR) is 86.7 cm³/mol. The number of amides is 1. The molecule has 1 aromatic carbocycles. The molecule has 22 heavy (non-hydrogen) atoms. The van der Waals surface area contributed by atoms with Gasteiger partial charge in [-0.3, -0.25) is 9.59 Å². The summed E-state index contributed by atoms with van der Waals surface area (Å²) in [5.74, 6) is -1.02. The Bertz CT molecular complexity index is 643. The van der Waals surface area contributed by atoms with E-state index in [2.05, 4.69) is 28.1 Å². The Morgan fingerprint density at radius 3 is 2.82 bits per heavy atom. The molecule has 0 radical (unpaired) electrons. The Morgan fingerprint density at radius 1 is 1.45 bits per heavy atom. The molecule has 1 amide bonds. The van der Waals surface area contributed by atoms with Gasteiger partial charge in [0.05, 0.1) is 0 Å². The number of hydrogen-bond donors (Lipinski definition) is 1. The molecule has 2 unspecified atom stereocenters. The fourth-order valence-corrected chi connectivity index (χ4v) is 4.22. The number of benzene rings is 1. The molecule has 0 aromatic heterocycles. The second kappa shape index (κ2) is 5.37. The number of hydrogen-bond acceptors (Lipinski definition) is 2. The van der Waals surface area contributed by atoms with Crippen LogP contribution in [0.3, 0.4) is 0 Å². The Kier molecular flexibility index (Phi) is 3.79. The van der Waals surface area contributed by atoms with Crippen molar-refractivity contribution in [1.29, 1.82) is 0 Å². The third kappa shape index (κ3) is 2.45. The van der Waals surface area contributed by atoms with E-state index >= 15 is 0 Å². The Morgan fingerprint density at radius 2 is 2.18 bits per heavy atom. The maximum atomic E-state index is 12.8. The molecular weight excluding hydrogens is 346 g/mol. The number of aryl methyl sites for hydroxylation is 1. The number of carbonyl (C=O) groups is 2. The van der Waals surface area contributed by atoms with Gasteiger partial charge >= 0.3 is 5.97 Å². The Labute approximate surface area is 138 Å². The summed E-state index contributed by atoms with van der Waals surface area (Å²) in [7, 11) is 0. The van der Waals surface area contributed by atoms with Gasteiger partial charge in [0.15, 0.2) is 0 Å². The van der Waals surface area contributed by atoms with Gasteiger partial charge < -0.3 is 10.0 Å². The Hall–Kier alpha value is -1.36. The molecule has 2 aliphatic carbocycles. The van der Waals surface area contributed by atoms with E-state index in [0.29, 0.717) is 0 Å². The molecule has 2 aliphatic rings. The van der Waals surface area contributed by atoms with Gasteiger partial charge in [0, 0.05) is 21.8 Å². The van der Waals surface area contributed by atoms with Crippen LogP contribution in [0.4, 0.5) is 0 Å². The molecule has 118 valence electrons. The normalized spacial score (nSPS) is 25.4. The highest BCUT2D eigenvalue weighted by molar-refractivity contribution is 9.10. The summed E-state index contributed by atoms with van der Waals surface area (Å²) in [5, 5.41) is 9.03. The first kappa shape index (κ1) is 15.5. The summed E-state index contributed by atoms with van der Waals surface area (Å²) in [4.78, 5) is 25.3. The van der Waals surface area contributed by atoms with Crippen LogP contribution in [-0.4, -0.2) is 34.5 Å². The van der Waals surface area contributed by atoms with E-state index in [-0.39, 0.29) is 29.8 Å². The first-order valence-corrected chi connectivity index (χ1v) is 8.45. The minimum absolute atomic E-state index is 0.00633. The van der Waals surface area contributed by atoms with Crippen molar-refractivity contribution < 1.29 is 14.7 Å². The zero-order valence-electron chi connectivity index (χ0n) is 12.8. The van der Waals surface area contributed by atoms with Crippen molar-refractivity contribution in [1.82, 2.24) is 4.90 Å². The lowest BCUT2D eigenvalue weighted by atomic mass is 9.95. The molecular formula is C17H20BrNO3. The number of carbonyl (C=O) groups excluding carboxylic acids is 1. The summed E-state index contributed by atoms with van der Waals surface area (Å²) >= 11 is 3.50. The van der Waals surface area contributed by atoms with Gasteiger partial charge in [0.25, 0.3) is 0 Å². The van der Waals surface area contributed by atoms with Crippen LogP contribution in [-0.2, 0) is 21.4 Å². The SMILES string of the molecule is CC(C)N(CC(=O)O)C(=O)C1CC12CCc1cc(Br)ccc12. The van der Waals surface area contributed by atoms with Crippen molar-refractivity contribution in [2.75, 3.05) is 6.54 Å². The molecule has 1 fully saturated rings. The van der Waals surface area contributed by atoms with Crippen LogP contribution in [0.1, 0.15) is 37.8 Å². The lowest BCUT2D eigenvalue weighted by Gasteiger charge is -2.26. The number of carboxylic acids is 1. The van der Waals surface area contributed by atoms with E-state index in [0.717, 1.165) is 23.7 Å². The highest BCUT2D eigenvalue weighted by Gasteiger charge is 2.62. The molecule has 0 heterocycles. The maximum Gasteiger partial charge on any atom is 0.323 e. The molecule has 1 N–H and O–H groups in total. The average molecular weight is 366 g/mol. The van der Waals surface area contributed by atoms with Crippen molar-refractivity contribution in [2.24, 2.45) is 5.92 Å². The lowest BCUT2D eigenvalue weighted by molar-refractivity contribution is -0.146. The second-order valence-corrected chi connectivity index (χ2v) is 7.58. The molecule has 1 spiro atoms. The predicted octanol–water partition coefficient (Wildman–Crippen LogP) is 2.97. The van der Waals surface area contributed by atoms with E-state index < -0.39 is 5.97 Å². The van der Waals surface area contributed by atoms with E-state index in [1.807, 2.05) is 19.9 Å². The van der Waals surface area contributed by atoms with Crippen molar-refractivity contribution in [2.45, 2.75) is 44.6 Å². The van der Waals surface area contributed by atoms with Crippen molar-refractivity contribution in [3.8, 4) is 0 Å². The molecule has 1 aromatic rings. The summed E-state index contributed by atoms with van der Waals surface area (Å²) in [5.41, 5.74) is 2.56. The van der Waals surface area contributed by atoms with E-state index in [9.17, 15) is 9.59 Å². The van der Waals surface area contributed by atoms with Crippen molar-refractivity contribution in [3.63, 3.8) is 0 Å². The number of halogens is 1. The monoisotopic (exact) mass is 365 g/mol. The maximum absolute atomic E-state index is 12.8. The number of aliphatic carboxylic acids is 1. The first-order valence-electron chi connectivity index (χ1n) is 7.66. The zero-order chi connectivity index (χ0) is 16.1. The molecule has 0 saturated heterocycles. The number of nitrogens with zero attached hydrogens (tertiary/aromatic N) is 1. The van der Waals surface area contributed by atoms with Crippen LogP contribution < -0.4 is 0 Å². The molecule has 1 saturated carbocycles. The van der Waals surface area contributed by atoms with Crippen molar-refractivity contribution >= 4 is 27.8 Å². The van der Waals surface area contributed by atoms with Crippen LogP contribution in [0, 0.1) is 5.92 Å². The molecule has 3 rings (SSSR count). The largest absolute Gasteiger partial charge is 0.480 e. The van der Waals surface area contributed by atoms with Gasteiger partial charge in [0.2, 0.25) is 5.91 Å². The van der Waals surface area contributed by atoms with Gasteiger partial charge in [-0.05, 0) is 56.4 Å². The fraction of sp³-hybridized carbons (Fsp3) is 0.529. The van der Waals surface area contributed by atoms with Gasteiger partial charge in [-0.1, -0.05) is 22.0 Å². The first-order chi connectivity index (χ1) is 10.3. The average Bonchev–Trinajstić information content (AvgIpc) is 3.06. The van der Waals surface area contributed by atoms with Crippen LogP contribution >= 0.6 is 15.9 Å². The molecule has 0 bridgehead atoms. The highest BCUT2D eigenvalue weighted by atomic mass is 79.9. The third-order valence-electron chi connectivity index (χ3n) is 5.03. The standard InChI is InChI=1S/C17H20BrNO3/c1-10(2)19(9-15(20)21)16(22)14-8-17(14)6-5-11-7-12(18)3-4-13(11)17/h3-4,7,10,14H,5-6,8-9H2,1-2H3,(H,20,21). The van der Waals surface area contributed by atoms with Gasteiger partial charge in [-0.2, -0.15) is 0 Å². The van der Waals surface area contributed by atoms with Crippen LogP contribution in [0.25, 0.3) is 0 Å². The summed E-state index contributed by atoms with van der Waals surface area (Å²) < 4.78 is 1.07. The van der Waals surface area contributed by atoms with E-state index in [1.165, 1.54) is 16.0 Å². The number of carboxylic acid groups (broad SMARTS) is 1. The summed E-state index contributed by atoms with van der Waals surface area (Å²) in [6.45, 7) is 3.53. The van der Waals surface area contributed by atoms with Crippen molar-refractivity contribution in [3.05, 3.63) is 33.8 Å². The van der Waals surface area contributed by atoms with Gasteiger partial charge in [0.1, 0.15) is 6.54 Å². The topological polar surface area (TPSA) is 57.6 Å². The Balaban J connectivity index is 1.82. The van der Waals surface area contributed by atoms with Gasteiger partial charge in [-0.15, -0.1) is 0 Å². The molecule has 4 nitrogen and oxygen atoms in total. The van der Waals surface area contributed by atoms with Crippen LogP contribution in [0.5, 0.6) is 0 Å². The smallest absolute Gasteiger partial charge is 0.323 e. The minimum Gasteiger partial charge on any atom is -0.480 e.